The third-order valence-electron chi connectivity index (χ3n) is 3.98. The molecule has 2 rings (SSSR count). The minimum absolute atomic E-state index is 0.0964. The molecule has 0 aromatic heterocycles. The van der Waals surface area contributed by atoms with Crippen LogP contribution in [0.2, 0.25) is 0 Å². The summed E-state index contributed by atoms with van der Waals surface area (Å²) in [6, 6.07) is 0. The fraction of sp³-hybridized carbons (Fsp3) is 0.857. The molecule has 1 saturated heterocycles. The van der Waals surface area contributed by atoms with Gasteiger partial charge in [-0.25, -0.2) is 0 Å². The summed E-state index contributed by atoms with van der Waals surface area (Å²) in [6.07, 6.45) is 16.2. The highest BCUT2D eigenvalue weighted by molar-refractivity contribution is 5.13. The first-order valence-electron chi connectivity index (χ1n) is 6.69. The Morgan fingerprint density at radius 1 is 0.933 bits per heavy atom. The molecule has 1 aliphatic heterocycles. The van der Waals surface area contributed by atoms with Crippen molar-refractivity contribution in [2.24, 2.45) is 0 Å². The molecule has 15 heavy (non-hydrogen) atoms. The van der Waals surface area contributed by atoms with Crippen LogP contribution in [0.3, 0.4) is 0 Å². The standard InChI is InChI=1S/C14H24O/c1-2-14-12-10-8-6-4-3-5-7-9-11-13(14)15-14/h2,13H,1,3-12H2/t13-,14+/m0/s1. The van der Waals surface area contributed by atoms with Crippen LogP contribution < -0.4 is 0 Å². The van der Waals surface area contributed by atoms with Crippen molar-refractivity contribution in [2.75, 3.05) is 0 Å². The van der Waals surface area contributed by atoms with Gasteiger partial charge in [0.05, 0.1) is 6.10 Å². The van der Waals surface area contributed by atoms with Crippen LogP contribution in [0.1, 0.15) is 64.2 Å². The van der Waals surface area contributed by atoms with Gasteiger partial charge in [0.2, 0.25) is 0 Å². The average molecular weight is 208 g/mol. The first-order valence-corrected chi connectivity index (χ1v) is 6.69. The Balaban J connectivity index is 1.81. The van der Waals surface area contributed by atoms with Crippen LogP contribution in [-0.2, 0) is 4.74 Å². The highest BCUT2D eigenvalue weighted by Crippen LogP contribution is 2.45. The van der Waals surface area contributed by atoms with Gasteiger partial charge in [0.1, 0.15) is 5.60 Å². The Kier molecular flexibility index (Phi) is 3.85. The Hall–Kier alpha value is -0.300. The zero-order valence-corrected chi connectivity index (χ0v) is 9.84. The molecule has 0 N–H and O–H groups in total. The Bertz CT molecular complexity index is 211. The first-order chi connectivity index (χ1) is 7.37. The van der Waals surface area contributed by atoms with E-state index in [4.69, 9.17) is 4.74 Å². The smallest absolute Gasteiger partial charge is 0.113 e. The van der Waals surface area contributed by atoms with Gasteiger partial charge in [-0.1, -0.05) is 57.4 Å². The van der Waals surface area contributed by atoms with Crippen molar-refractivity contribution >= 4 is 0 Å². The van der Waals surface area contributed by atoms with Gasteiger partial charge in [0, 0.05) is 0 Å². The lowest BCUT2D eigenvalue weighted by Gasteiger charge is -2.09. The van der Waals surface area contributed by atoms with E-state index >= 15 is 0 Å². The monoisotopic (exact) mass is 208 g/mol. The summed E-state index contributed by atoms with van der Waals surface area (Å²) in [5.74, 6) is 0. The third-order valence-corrected chi connectivity index (χ3v) is 3.98. The lowest BCUT2D eigenvalue weighted by molar-refractivity contribution is 0.309. The predicted octanol–water partition coefficient (Wildman–Crippen LogP) is 4.22. The van der Waals surface area contributed by atoms with Crippen LogP contribution in [0.25, 0.3) is 0 Å². The van der Waals surface area contributed by atoms with Gasteiger partial charge >= 0.3 is 0 Å². The van der Waals surface area contributed by atoms with E-state index in [9.17, 15) is 0 Å². The summed E-state index contributed by atoms with van der Waals surface area (Å²) in [5, 5.41) is 0. The van der Waals surface area contributed by atoms with Gasteiger partial charge < -0.3 is 4.74 Å². The average Bonchev–Trinajstić information content (AvgIpc) is 2.93. The summed E-state index contributed by atoms with van der Waals surface area (Å²) in [5.41, 5.74) is 0.0964. The van der Waals surface area contributed by atoms with E-state index in [1.54, 1.807) is 0 Å². The minimum Gasteiger partial charge on any atom is -0.362 e. The summed E-state index contributed by atoms with van der Waals surface area (Å²) in [4.78, 5) is 0. The second kappa shape index (κ2) is 5.16. The molecular weight excluding hydrogens is 184 g/mol. The number of ether oxygens (including phenoxy) is 1. The van der Waals surface area contributed by atoms with Crippen molar-refractivity contribution in [3.63, 3.8) is 0 Å². The second-order valence-electron chi connectivity index (χ2n) is 5.13. The van der Waals surface area contributed by atoms with Crippen LogP contribution in [-0.4, -0.2) is 11.7 Å². The maximum absolute atomic E-state index is 5.85. The summed E-state index contributed by atoms with van der Waals surface area (Å²) < 4.78 is 5.85. The molecule has 86 valence electrons. The number of hydrogen-bond acceptors (Lipinski definition) is 1. The van der Waals surface area contributed by atoms with Gasteiger partial charge in [0.15, 0.2) is 0 Å². The van der Waals surface area contributed by atoms with Gasteiger partial charge in [-0.15, -0.1) is 6.58 Å². The lowest BCUT2D eigenvalue weighted by atomic mass is 9.93. The van der Waals surface area contributed by atoms with E-state index < -0.39 is 0 Å². The fourth-order valence-electron chi connectivity index (χ4n) is 2.83. The van der Waals surface area contributed by atoms with Gasteiger partial charge in [-0.2, -0.15) is 0 Å². The van der Waals surface area contributed by atoms with Crippen molar-refractivity contribution < 1.29 is 4.74 Å². The quantitative estimate of drug-likeness (QED) is 0.464. The molecule has 2 atom stereocenters. The Labute approximate surface area is 93.9 Å². The molecule has 2 fully saturated rings. The number of hydrogen-bond donors (Lipinski definition) is 0. The maximum Gasteiger partial charge on any atom is 0.113 e. The number of epoxide rings is 1. The van der Waals surface area contributed by atoms with Crippen molar-refractivity contribution in [2.45, 2.75) is 75.9 Å². The molecule has 1 heteroatoms. The van der Waals surface area contributed by atoms with Crippen molar-refractivity contribution in [1.82, 2.24) is 0 Å². The highest BCUT2D eigenvalue weighted by Gasteiger charge is 2.52. The predicted molar refractivity (Wildman–Crippen MR) is 64.0 cm³/mol. The van der Waals surface area contributed by atoms with Crippen LogP contribution in [0.4, 0.5) is 0 Å². The largest absolute Gasteiger partial charge is 0.362 e. The zero-order chi connectivity index (χ0) is 10.6. The molecule has 0 amide bonds. The molecule has 1 nitrogen and oxygen atoms in total. The molecule has 2 aliphatic rings. The van der Waals surface area contributed by atoms with E-state index in [0.717, 1.165) is 0 Å². The fourth-order valence-corrected chi connectivity index (χ4v) is 2.83. The Morgan fingerprint density at radius 3 is 2.20 bits per heavy atom. The van der Waals surface area contributed by atoms with E-state index in [0.29, 0.717) is 6.10 Å². The van der Waals surface area contributed by atoms with E-state index in [2.05, 4.69) is 12.7 Å². The molecule has 0 unspecified atom stereocenters. The topological polar surface area (TPSA) is 12.5 Å². The molecule has 1 heterocycles. The van der Waals surface area contributed by atoms with Crippen molar-refractivity contribution in [3.05, 3.63) is 12.7 Å². The summed E-state index contributed by atoms with van der Waals surface area (Å²) >= 11 is 0. The third kappa shape index (κ3) is 2.84. The SMILES string of the molecule is C=C[C@@]12CCCCCCCCCC[C@@H]1O2. The van der Waals surface area contributed by atoms with Gasteiger partial charge in [0.25, 0.3) is 0 Å². The zero-order valence-electron chi connectivity index (χ0n) is 9.84. The maximum atomic E-state index is 5.85. The minimum atomic E-state index is 0.0964. The first kappa shape index (κ1) is 11.2. The van der Waals surface area contributed by atoms with Crippen LogP contribution in [0.5, 0.6) is 0 Å². The van der Waals surface area contributed by atoms with Gasteiger partial charge in [-0.3, -0.25) is 0 Å². The van der Waals surface area contributed by atoms with Crippen LogP contribution in [0.15, 0.2) is 12.7 Å². The molecule has 0 bridgehead atoms. The number of rotatable bonds is 1. The van der Waals surface area contributed by atoms with Crippen molar-refractivity contribution in [3.8, 4) is 0 Å². The molecule has 0 aromatic rings. The summed E-state index contributed by atoms with van der Waals surface area (Å²) in [7, 11) is 0. The molecule has 0 spiro atoms. The molecule has 0 radical (unpaired) electrons. The normalized spacial score (nSPS) is 38.3. The number of fused-ring (bicyclic) bond motifs is 1. The second-order valence-corrected chi connectivity index (χ2v) is 5.13. The lowest BCUT2D eigenvalue weighted by Crippen LogP contribution is -2.11. The molecule has 1 saturated carbocycles. The van der Waals surface area contributed by atoms with E-state index in [1.165, 1.54) is 64.2 Å². The summed E-state index contributed by atoms with van der Waals surface area (Å²) in [6.45, 7) is 3.94. The molecular formula is C14H24O. The molecule has 0 aromatic carbocycles. The van der Waals surface area contributed by atoms with Gasteiger partial charge in [-0.05, 0) is 12.8 Å². The Morgan fingerprint density at radius 2 is 1.53 bits per heavy atom. The van der Waals surface area contributed by atoms with Crippen molar-refractivity contribution in [1.29, 1.82) is 0 Å². The van der Waals surface area contributed by atoms with Crippen LogP contribution >= 0.6 is 0 Å². The van der Waals surface area contributed by atoms with E-state index in [-0.39, 0.29) is 5.60 Å². The highest BCUT2D eigenvalue weighted by atomic mass is 16.6. The van der Waals surface area contributed by atoms with E-state index in [1.807, 2.05) is 0 Å². The van der Waals surface area contributed by atoms with Crippen LogP contribution in [0, 0.1) is 0 Å². The molecule has 1 aliphatic carbocycles.